The van der Waals surface area contributed by atoms with E-state index >= 15 is 0 Å². The number of esters is 1. The van der Waals surface area contributed by atoms with Crippen LogP contribution in [0.25, 0.3) is 0 Å². The van der Waals surface area contributed by atoms with Crippen molar-refractivity contribution >= 4 is 34.0 Å². The minimum absolute atomic E-state index is 0.151. The van der Waals surface area contributed by atoms with Gasteiger partial charge >= 0.3 is 5.97 Å². The monoisotopic (exact) mass is 455 g/mol. The Morgan fingerprint density at radius 3 is 2.50 bits per heavy atom. The lowest BCUT2D eigenvalue weighted by Crippen LogP contribution is -2.21. The Balaban J connectivity index is 1.49. The summed E-state index contributed by atoms with van der Waals surface area (Å²) in [4.78, 5) is 28.6. The fourth-order valence-corrected chi connectivity index (χ4v) is 3.43. The Morgan fingerprint density at radius 2 is 1.75 bits per heavy atom. The van der Waals surface area contributed by atoms with Crippen LogP contribution in [-0.2, 0) is 16.1 Å². The van der Waals surface area contributed by atoms with E-state index in [0.717, 1.165) is 5.56 Å². The second-order valence-electron chi connectivity index (χ2n) is 6.53. The molecular formula is C23H25N3O5S. The molecule has 0 radical (unpaired) electrons. The molecule has 3 aromatic rings. The molecule has 0 aliphatic carbocycles. The quantitative estimate of drug-likeness (QED) is 0.415. The van der Waals surface area contributed by atoms with Crippen LogP contribution in [0.3, 0.4) is 0 Å². The highest BCUT2D eigenvalue weighted by Gasteiger charge is 2.15. The van der Waals surface area contributed by atoms with Crippen molar-refractivity contribution in [2.45, 2.75) is 20.4 Å². The van der Waals surface area contributed by atoms with Crippen LogP contribution in [0.15, 0.2) is 53.9 Å². The van der Waals surface area contributed by atoms with Crippen LogP contribution in [0.5, 0.6) is 11.5 Å². The smallest absolute Gasteiger partial charge is 0.358 e. The number of rotatable bonds is 11. The van der Waals surface area contributed by atoms with Gasteiger partial charge in [0.2, 0.25) is 0 Å². The van der Waals surface area contributed by atoms with Gasteiger partial charge in [0.05, 0.1) is 13.2 Å². The first-order valence-electron chi connectivity index (χ1n) is 10.2. The molecular weight excluding hydrogens is 430 g/mol. The Hall–Kier alpha value is -3.59. The van der Waals surface area contributed by atoms with Crippen molar-refractivity contribution in [3.05, 3.63) is 65.2 Å². The van der Waals surface area contributed by atoms with E-state index in [1.165, 1.54) is 11.3 Å². The number of benzene rings is 2. The number of anilines is 2. The number of nitrogens with one attached hydrogen (secondary N) is 2. The Labute approximate surface area is 190 Å². The van der Waals surface area contributed by atoms with E-state index in [1.807, 2.05) is 44.2 Å². The zero-order valence-corrected chi connectivity index (χ0v) is 18.7. The number of aromatic nitrogens is 1. The molecule has 0 unspecified atom stereocenters. The molecule has 0 saturated heterocycles. The second kappa shape index (κ2) is 11.7. The molecule has 1 heterocycles. The number of hydrogen-bond acceptors (Lipinski definition) is 8. The summed E-state index contributed by atoms with van der Waals surface area (Å²) in [7, 11) is 0. The van der Waals surface area contributed by atoms with Crippen LogP contribution in [0.4, 0.5) is 10.8 Å². The van der Waals surface area contributed by atoms with Gasteiger partial charge in [-0.25, -0.2) is 9.78 Å². The van der Waals surface area contributed by atoms with E-state index in [9.17, 15) is 9.59 Å². The van der Waals surface area contributed by atoms with Gasteiger partial charge in [-0.3, -0.25) is 4.79 Å². The lowest BCUT2D eigenvalue weighted by molar-refractivity contribution is -0.119. The summed E-state index contributed by atoms with van der Waals surface area (Å²) in [6, 6.07) is 14.9. The highest BCUT2D eigenvalue weighted by atomic mass is 32.1. The van der Waals surface area contributed by atoms with E-state index in [-0.39, 0.29) is 5.69 Å². The molecule has 0 aliphatic rings. The normalized spacial score (nSPS) is 10.3. The molecule has 2 N–H and O–H groups in total. The van der Waals surface area contributed by atoms with E-state index in [2.05, 4.69) is 15.6 Å². The molecule has 0 fully saturated rings. The standard InChI is InChI=1S/C23H25N3O5S/c1-3-29-19-11-10-17(12-20(19)30-4-2)25-21(27)14-31-22(28)18-15-32-23(26-18)24-13-16-8-6-5-7-9-16/h5-12,15H,3-4,13-14H2,1-2H3,(H,24,26)(H,25,27). The molecule has 1 amide bonds. The SMILES string of the molecule is CCOc1ccc(NC(=O)COC(=O)c2csc(NCc3ccccc3)n2)cc1OCC. The van der Waals surface area contributed by atoms with Crippen molar-refractivity contribution in [3.8, 4) is 11.5 Å². The molecule has 0 spiro atoms. The molecule has 2 aromatic carbocycles. The van der Waals surface area contributed by atoms with Crippen LogP contribution < -0.4 is 20.1 Å². The van der Waals surface area contributed by atoms with E-state index in [0.29, 0.717) is 42.1 Å². The van der Waals surface area contributed by atoms with Crippen molar-refractivity contribution in [3.63, 3.8) is 0 Å². The summed E-state index contributed by atoms with van der Waals surface area (Å²) >= 11 is 1.30. The molecule has 0 aliphatic heterocycles. The third kappa shape index (κ3) is 6.71. The van der Waals surface area contributed by atoms with Gasteiger partial charge in [0, 0.05) is 23.7 Å². The molecule has 32 heavy (non-hydrogen) atoms. The zero-order valence-electron chi connectivity index (χ0n) is 17.9. The number of hydrogen-bond donors (Lipinski definition) is 2. The topological polar surface area (TPSA) is 98.8 Å². The van der Waals surface area contributed by atoms with Crippen LogP contribution in [0, 0.1) is 0 Å². The van der Waals surface area contributed by atoms with Gasteiger partial charge in [-0.2, -0.15) is 0 Å². The lowest BCUT2D eigenvalue weighted by Gasteiger charge is -2.13. The van der Waals surface area contributed by atoms with E-state index in [1.54, 1.807) is 23.6 Å². The minimum Gasteiger partial charge on any atom is -0.490 e. The molecule has 8 nitrogen and oxygen atoms in total. The number of nitrogens with zero attached hydrogens (tertiary/aromatic N) is 1. The summed E-state index contributed by atoms with van der Waals surface area (Å²) in [6.07, 6.45) is 0. The van der Waals surface area contributed by atoms with Gasteiger partial charge in [0.1, 0.15) is 0 Å². The van der Waals surface area contributed by atoms with Crippen LogP contribution in [0.2, 0.25) is 0 Å². The summed E-state index contributed by atoms with van der Waals surface area (Å²) in [5.74, 6) is -0.00499. The average molecular weight is 456 g/mol. The molecule has 9 heteroatoms. The van der Waals surface area contributed by atoms with Crippen LogP contribution in [0.1, 0.15) is 29.9 Å². The highest BCUT2D eigenvalue weighted by Crippen LogP contribution is 2.30. The fraction of sp³-hybridized carbons (Fsp3) is 0.261. The number of carbonyl (C=O) groups excluding carboxylic acids is 2. The van der Waals surface area contributed by atoms with Gasteiger partial charge in [-0.15, -0.1) is 11.3 Å². The lowest BCUT2D eigenvalue weighted by atomic mass is 10.2. The average Bonchev–Trinajstić information content (AvgIpc) is 3.28. The maximum Gasteiger partial charge on any atom is 0.358 e. The van der Waals surface area contributed by atoms with Gasteiger partial charge in [0.15, 0.2) is 28.9 Å². The van der Waals surface area contributed by atoms with E-state index in [4.69, 9.17) is 14.2 Å². The predicted molar refractivity (Wildman–Crippen MR) is 124 cm³/mol. The van der Waals surface area contributed by atoms with Gasteiger partial charge in [-0.05, 0) is 31.5 Å². The molecule has 1 aromatic heterocycles. The Kier molecular flexibility index (Phi) is 8.44. The molecule has 3 rings (SSSR count). The Morgan fingerprint density at radius 1 is 1.00 bits per heavy atom. The van der Waals surface area contributed by atoms with Crippen LogP contribution >= 0.6 is 11.3 Å². The third-order valence-electron chi connectivity index (χ3n) is 4.16. The zero-order chi connectivity index (χ0) is 22.8. The summed E-state index contributed by atoms with van der Waals surface area (Å²) in [5.41, 5.74) is 1.77. The fourth-order valence-electron chi connectivity index (χ4n) is 2.75. The molecule has 168 valence electrons. The Bertz CT molecular complexity index is 1040. The molecule has 0 atom stereocenters. The van der Waals surface area contributed by atoms with Gasteiger partial charge < -0.3 is 24.8 Å². The summed E-state index contributed by atoms with van der Waals surface area (Å²) in [6.45, 7) is 4.87. The number of thiazole rings is 1. The number of carbonyl (C=O) groups is 2. The molecule has 0 saturated carbocycles. The molecule has 0 bridgehead atoms. The first kappa shape index (κ1) is 23.1. The van der Waals surface area contributed by atoms with Crippen molar-refractivity contribution in [1.29, 1.82) is 0 Å². The van der Waals surface area contributed by atoms with Gasteiger partial charge in [-0.1, -0.05) is 30.3 Å². The second-order valence-corrected chi connectivity index (χ2v) is 7.39. The summed E-state index contributed by atoms with van der Waals surface area (Å²) in [5, 5.41) is 8.03. The van der Waals surface area contributed by atoms with E-state index < -0.39 is 18.5 Å². The van der Waals surface area contributed by atoms with Crippen molar-refractivity contribution in [2.75, 3.05) is 30.5 Å². The maximum atomic E-state index is 12.2. The van der Waals surface area contributed by atoms with Crippen molar-refractivity contribution < 1.29 is 23.8 Å². The van der Waals surface area contributed by atoms with Crippen LogP contribution in [-0.4, -0.2) is 36.7 Å². The van der Waals surface area contributed by atoms with Crippen molar-refractivity contribution in [2.24, 2.45) is 0 Å². The third-order valence-corrected chi connectivity index (χ3v) is 4.96. The highest BCUT2D eigenvalue weighted by molar-refractivity contribution is 7.13. The van der Waals surface area contributed by atoms with Crippen molar-refractivity contribution in [1.82, 2.24) is 4.98 Å². The van der Waals surface area contributed by atoms with Gasteiger partial charge in [0.25, 0.3) is 5.91 Å². The summed E-state index contributed by atoms with van der Waals surface area (Å²) < 4.78 is 16.1. The largest absolute Gasteiger partial charge is 0.490 e. The number of ether oxygens (including phenoxy) is 3. The first-order chi connectivity index (χ1) is 15.6. The minimum atomic E-state index is -0.661. The predicted octanol–water partition coefficient (Wildman–Crippen LogP) is 4.35. The maximum absolute atomic E-state index is 12.2. The first-order valence-corrected chi connectivity index (χ1v) is 11.1. The number of amides is 1.